The van der Waals surface area contributed by atoms with E-state index in [0.29, 0.717) is 13.0 Å². The van der Waals surface area contributed by atoms with Crippen LogP contribution < -0.4 is 5.32 Å². The molecule has 0 aromatic carbocycles. The summed E-state index contributed by atoms with van der Waals surface area (Å²) in [7, 11) is -3.04. The number of nitrogens with one attached hydrogen (secondary N) is 1. The second-order valence-corrected chi connectivity index (χ2v) is 7.06. The Morgan fingerprint density at radius 1 is 1.47 bits per heavy atom. The zero-order chi connectivity index (χ0) is 14.6. The van der Waals surface area contributed by atoms with Crippen molar-refractivity contribution in [2.45, 2.75) is 26.3 Å². The van der Waals surface area contributed by atoms with Gasteiger partial charge in [-0.05, 0) is 13.3 Å². The predicted molar refractivity (Wildman–Crippen MR) is 69.6 cm³/mol. The third-order valence-corrected chi connectivity index (χ3v) is 4.91. The van der Waals surface area contributed by atoms with Gasteiger partial charge in [-0.3, -0.25) is 4.79 Å². The van der Waals surface area contributed by atoms with E-state index in [0.717, 1.165) is 0 Å². The molecular weight excluding hydrogens is 272 g/mol. The lowest BCUT2D eigenvalue weighted by Gasteiger charge is -2.24. The zero-order valence-electron chi connectivity index (χ0n) is 11.1. The fourth-order valence-corrected chi connectivity index (χ4v) is 3.61. The molecule has 2 atom stereocenters. The first kappa shape index (κ1) is 15.7. The van der Waals surface area contributed by atoms with Gasteiger partial charge in [0, 0.05) is 19.1 Å². The van der Waals surface area contributed by atoms with Gasteiger partial charge >= 0.3 is 12.0 Å². The molecule has 2 unspecified atom stereocenters. The summed E-state index contributed by atoms with van der Waals surface area (Å²) in [5.41, 5.74) is 0. The Morgan fingerprint density at radius 2 is 2.11 bits per heavy atom. The number of sulfone groups is 1. The normalized spacial score (nSPS) is 22.7. The van der Waals surface area contributed by atoms with Gasteiger partial charge in [-0.1, -0.05) is 6.92 Å². The van der Waals surface area contributed by atoms with Crippen LogP contribution in [0, 0.1) is 5.92 Å². The first-order chi connectivity index (χ1) is 8.75. The molecule has 0 bridgehead atoms. The summed E-state index contributed by atoms with van der Waals surface area (Å²) >= 11 is 0. The van der Waals surface area contributed by atoms with Crippen molar-refractivity contribution in [3.63, 3.8) is 0 Å². The number of hydrogen-bond acceptors (Lipinski definition) is 4. The minimum atomic E-state index is -3.04. The summed E-state index contributed by atoms with van der Waals surface area (Å²) in [6.45, 7) is 3.76. The Balaban J connectivity index is 2.53. The van der Waals surface area contributed by atoms with Gasteiger partial charge in [0.1, 0.15) is 0 Å². The van der Waals surface area contributed by atoms with Crippen LogP contribution in [-0.4, -0.2) is 61.1 Å². The van der Waals surface area contributed by atoms with Gasteiger partial charge in [-0.2, -0.15) is 0 Å². The maximum atomic E-state index is 11.9. The Labute approximate surface area is 112 Å². The second kappa shape index (κ2) is 6.23. The third-order valence-electron chi connectivity index (χ3n) is 3.14. The number of amides is 2. The summed E-state index contributed by atoms with van der Waals surface area (Å²) in [5.74, 6) is -1.56. The Hall–Kier alpha value is -1.31. The molecule has 7 nitrogen and oxygen atoms in total. The average Bonchev–Trinajstić information content (AvgIpc) is 2.64. The fourth-order valence-electron chi connectivity index (χ4n) is 1.94. The molecule has 1 fully saturated rings. The first-order valence-corrected chi connectivity index (χ1v) is 8.06. The molecular formula is C11H20N2O5S. The smallest absolute Gasteiger partial charge is 0.317 e. The molecule has 110 valence electrons. The summed E-state index contributed by atoms with van der Waals surface area (Å²) in [6.07, 6.45) is 0.417. The SMILES string of the molecule is CCN(CC(C)C(=O)O)C(=O)NC1CCS(=O)(=O)C1. The van der Waals surface area contributed by atoms with E-state index in [1.165, 1.54) is 11.8 Å². The van der Waals surface area contributed by atoms with Crippen molar-refractivity contribution in [1.29, 1.82) is 0 Å². The number of nitrogens with zero attached hydrogens (tertiary/aromatic N) is 1. The van der Waals surface area contributed by atoms with Crippen LogP contribution >= 0.6 is 0 Å². The molecule has 0 spiro atoms. The van der Waals surface area contributed by atoms with Crippen LogP contribution in [0.5, 0.6) is 0 Å². The molecule has 1 aliphatic heterocycles. The highest BCUT2D eigenvalue weighted by atomic mass is 32.2. The van der Waals surface area contributed by atoms with Crippen LogP contribution in [0.4, 0.5) is 4.79 Å². The van der Waals surface area contributed by atoms with Crippen molar-refractivity contribution in [3.05, 3.63) is 0 Å². The van der Waals surface area contributed by atoms with E-state index in [1.807, 2.05) is 0 Å². The van der Waals surface area contributed by atoms with Gasteiger partial charge in [-0.15, -0.1) is 0 Å². The van der Waals surface area contributed by atoms with E-state index < -0.39 is 27.8 Å². The lowest BCUT2D eigenvalue weighted by atomic mass is 10.2. The highest BCUT2D eigenvalue weighted by Gasteiger charge is 2.30. The number of hydrogen-bond donors (Lipinski definition) is 2. The quantitative estimate of drug-likeness (QED) is 0.738. The minimum absolute atomic E-state index is 0.0369. The second-order valence-electron chi connectivity index (χ2n) is 4.83. The van der Waals surface area contributed by atoms with Gasteiger partial charge in [0.25, 0.3) is 0 Å². The van der Waals surface area contributed by atoms with Gasteiger partial charge in [0.05, 0.1) is 17.4 Å². The van der Waals surface area contributed by atoms with Gasteiger partial charge in [-0.25, -0.2) is 13.2 Å². The van der Waals surface area contributed by atoms with E-state index in [1.54, 1.807) is 6.92 Å². The van der Waals surface area contributed by atoms with Crippen LogP contribution in [0.25, 0.3) is 0 Å². The van der Waals surface area contributed by atoms with Crippen LogP contribution in [0.1, 0.15) is 20.3 Å². The number of carbonyl (C=O) groups is 2. The van der Waals surface area contributed by atoms with Gasteiger partial charge in [0.15, 0.2) is 9.84 Å². The largest absolute Gasteiger partial charge is 0.481 e. The molecule has 2 N–H and O–H groups in total. The van der Waals surface area contributed by atoms with E-state index in [2.05, 4.69) is 5.32 Å². The van der Waals surface area contributed by atoms with Crippen molar-refractivity contribution in [2.75, 3.05) is 24.6 Å². The fraction of sp³-hybridized carbons (Fsp3) is 0.818. The van der Waals surface area contributed by atoms with E-state index in [4.69, 9.17) is 5.11 Å². The molecule has 0 aromatic heterocycles. The minimum Gasteiger partial charge on any atom is -0.481 e. The van der Waals surface area contributed by atoms with Crippen LogP contribution in [-0.2, 0) is 14.6 Å². The van der Waals surface area contributed by atoms with Crippen LogP contribution in [0.3, 0.4) is 0 Å². The monoisotopic (exact) mass is 292 g/mol. The van der Waals surface area contributed by atoms with Gasteiger partial charge in [0.2, 0.25) is 0 Å². The number of carbonyl (C=O) groups excluding carboxylic acids is 1. The Kier molecular flexibility index (Phi) is 5.16. The molecule has 1 heterocycles. The van der Waals surface area contributed by atoms with Crippen LogP contribution in [0.15, 0.2) is 0 Å². The topological polar surface area (TPSA) is 104 Å². The van der Waals surface area contributed by atoms with Crippen molar-refractivity contribution < 1.29 is 23.1 Å². The zero-order valence-corrected chi connectivity index (χ0v) is 11.9. The van der Waals surface area contributed by atoms with E-state index in [9.17, 15) is 18.0 Å². The molecule has 8 heteroatoms. The number of carboxylic acid groups (broad SMARTS) is 1. The Morgan fingerprint density at radius 3 is 2.53 bits per heavy atom. The summed E-state index contributed by atoms with van der Waals surface area (Å²) in [6, 6.07) is -0.774. The standard InChI is InChI=1S/C11H20N2O5S/c1-3-13(6-8(2)10(14)15)11(16)12-9-4-5-19(17,18)7-9/h8-9H,3-7H2,1-2H3,(H,12,16)(H,14,15). The molecule has 0 aromatic rings. The maximum Gasteiger partial charge on any atom is 0.317 e. The molecule has 2 amide bonds. The van der Waals surface area contributed by atoms with Crippen molar-refractivity contribution >= 4 is 21.8 Å². The molecule has 19 heavy (non-hydrogen) atoms. The number of aliphatic carboxylic acids is 1. The number of rotatable bonds is 5. The molecule has 0 aliphatic carbocycles. The van der Waals surface area contributed by atoms with E-state index in [-0.39, 0.29) is 24.1 Å². The number of urea groups is 1. The summed E-state index contributed by atoms with van der Waals surface area (Å²) in [4.78, 5) is 24.1. The highest BCUT2D eigenvalue weighted by molar-refractivity contribution is 7.91. The summed E-state index contributed by atoms with van der Waals surface area (Å²) < 4.78 is 22.6. The first-order valence-electron chi connectivity index (χ1n) is 6.24. The van der Waals surface area contributed by atoms with Crippen molar-refractivity contribution in [2.24, 2.45) is 5.92 Å². The predicted octanol–water partition coefficient (Wildman–Crippen LogP) is -0.0743. The lowest BCUT2D eigenvalue weighted by molar-refractivity contribution is -0.141. The molecule has 0 radical (unpaired) electrons. The van der Waals surface area contributed by atoms with Crippen molar-refractivity contribution in [1.82, 2.24) is 10.2 Å². The highest BCUT2D eigenvalue weighted by Crippen LogP contribution is 2.12. The molecule has 1 aliphatic rings. The maximum absolute atomic E-state index is 11.9. The number of carboxylic acids is 1. The molecule has 1 rings (SSSR count). The van der Waals surface area contributed by atoms with Gasteiger partial charge < -0.3 is 15.3 Å². The molecule has 1 saturated heterocycles. The molecule has 0 saturated carbocycles. The van der Waals surface area contributed by atoms with Crippen molar-refractivity contribution in [3.8, 4) is 0 Å². The Bertz CT molecular complexity index is 448. The third kappa shape index (κ3) is 4.70. The lowest BCUT2D eigenvalue weighted by Crippen LogP contribution is -2.47. The van der Waals surface area contributed by atoms with Crippen LogP contribution in [0.2, 0.25) is 0 Å². The summed E-state index contributed by atoms with van der Waals surface area (Å²) in [5, 5.41) is 11.5. The van der Waals surface area contributed by atoms with E-state index >= 15 is 0 Å². The average molecular weight is 292 g/mol.